The van der Waals surface area contributed by atoms with Crippen LogP contribution in [-0.4, -0.2) is 26.2 Å². The van der Waals surface area contributed by atoms with Crippen molar-refractivity contribution in [1.82, 2.24) is 0 Å². The van der Waals surface area contributed by atoms with E-state index in [1.165, 1.54) is 74.9 Å². The minimum atomic E-state index is -0.155. The van der Waals surface area contributed by atoms with E-state index in [-0.39, 0.29) is 5.41 Å². The Morgan fingerprint density at radius 1 is 0.540 bits per heavy atom. The molecule has 2 aliphatic rings. The second kappa shape index (κ2) is 11.7. The highest BCUT2D eigenvalue weighted by atomic mass is 16.3. The molecule has 2 aromatic heterocycles. The summed E-state index contributed by atoms with van der Waals surface area (Å²) in [6, 6.07) is 25.4. The van der Waals surface area contributed by atoms with Crippen LogP contribution in [0.2, 0.25) is 0 Å². The van der Waals surface area contributed by atoms with Crippen LogP contribution in [0.4, 0.5) is 11.4 Å². The van der Waals surface area contributed by atoms with Gasteiger partial charge in [-0.05, 0) is 131 Å². The number of rotatable bonds is 4. The van der Waals surface area contributed by atoms with Crippen molar-refractivity contribution in [2.75, 3.05) is 36.0 Å². The second-order valence-corrected chi connectivity index (χ2v) is 17.4. The van der Waals surface area contributed by atoms with Crippen LogP contribution in [0.25, 0.3) is 65.4 Å². The van der Waals surface area contributed by atoms with E-state index in [0.29, 0.717) is 0 Å². The maximum Gasteiger partial charge on any atom is 0.140 e. The van der Waals surface area contributed by atoms with Crippen molar-refractivity contribution in [3.05, 3.63) is 72.3 Å². The van der Waals surface area contributed by atoms with Gasteiger partial charge in [0, 0.05) is 64.7 Å². The van der Waals surface area contributed by atoms with Crippen LogP contribution in [0.15, 0.2) is 75.6 Å². The van der Waals surface area contributed by atoms with Gasteiger partial charge in [0.25, 0.3) is 0 Å². The molecule has 0 unspecified atom stereocenters. The molecule has 258 valence electrons. The normalized spacial score (nSPS) is 17.4. The molecule has 4 heteroatoms. The summed E-state index contributed by atoms with van der Waals surface area (Å²) in [5, 5.41) is 9.61. The zero-order chi connectivity index (χ0) is 34.5. The molecular weight excluding hydrogens is 613 g/mol. The zero-order valence-corrected chi connectivity index (χ0v) is 31.0. The minimum Gasteiger partial charge on any atom is -0.456 e. The number of anilines is 2. The van der Waals surface area contributed by atoms with Crippen molar-refractivity contribution in [1.29, 1.82) is 0 Å². The highest BCUT2D eigenvalue weighted by Crippen LogP contribution is 2.46. The monoisotopic (exact) mass is 664 g/mol. The van der Waals surface area contributed by atoms with Gasteiger partial charge in [0.05, 0.1) is 0 Å². The SMILES string of the molecule is CC(C)C1CCN(c2ccc3cc4c(cc3c2)oc2c(C(C)(C)C)c3c(cc24)oc2cc4cc(N5CCC(C(C)C)CC5)ccc4cc23)CC1. The highest BCUT2D eigenvalue weighted by molar-refractivity contribution is 6.20. The molecule has 4 heterocycles. The lowest BCUT2D eigenvalue weighted by Gasteiger charge is -2.35. The van der Waals surface area contributed by atoms with E-state index in [1.807, 2.05) is 0 Å². The molecule has 5 aromatic carbocycles. The second-order valence-electron chi connectivity index (χ2n) is 17.4. The molecule has 9 rings (SSSR count). The number of benzene rings is 5. The van der Waals surface area contributed by atoms with E-state index in [4.69, 9.17) is 8.83 Å². The molecule has 2 fully saturated rings. The van der Waals surface area contributed by atoms with Crippen molar-refractivity contribution in [3.63, 3.8) is 0 Å². The lowest BCUT2D eigenvalue weighted by atomic mass is 9.82. The summed E-state index contributed by atoms with van der Waals surface area (Å²) in [5.74, 6) is 3.21. The summed E-state index contributed by atoms with van der Waals surface area (Å²) in [6.07, 6.45) is 5.10. The number of fused-ring (bicyclic) bond motifs is 8. The smallest absolute Gasteiger partial charge is 0.140 e. The Balaban J connectivity index is 1.14. The van der Waals surface area contributed by atoms with Crippen molar-refractivity contribution in [2.45, 2.75) is 79.6 Å². The quantitative estimate of drug-likeness (QED) is 0.187. The molecule has 50 heavy (non-hydrogen) atoms. The molecule has 0 bridgehead atoms. The van der Waals surface area contributed by atoms with Crippen molar-refractivity contribution in [2.24, 2.45) is 23.7 Å². The summed E-state index contributed by atoms with van der Waals surface area (Å²) in [6.45, 7) is 20.9. The minimum absolute atomic E-state index is 0.155. The van der Waals surface area contributed by atoms with Crippen LogP contribution >= 0.6 is 0 Å². The average molecular weight is 665 g/mol. The molecular formula is C46H52N2O2. The Bertz CT molecular complexity index is 2360. The Morgan fingerprint density at radius 2 is 1.04 bits per heavy atom. The van der Waals surface area contributed by atoms with E-state index in [1.54, 1.807) is 0 Å². The largest absolute Gasteiger partial charge is 0.456 e. The number of piperidine rings is 2. The number of nitrogens with zero attached hydrogens (tertiary/aromatic N) is 2. The van der Waals surface area contributed by atoms with Gasteiger partial charge in [-0.3, -0.25) is 0 Å². The van der Waals surface area contributed by atoms with E-state index in [2.05, 4.69) is 125 Å². The van der Waals surface area contributed by atoms with Gasteiger partial charge in [-0.1, -0.05) is 60.6 Å². The van der Waals surface area contributed by atoms with E-state index in [9.17, 15) is 0 Å². The third kappa shape index (κ3) is 5.24. The Hall–Kier alpha value is -4.18. The van der Waals surface area contributed by atoms with Gasteiger partial charge in [-0.2, -0.15) is 0 Å². The lowest BCUT2D eigenvalue weighted by Crippen LogP contribution is -2.35. The van der Waals surface area contributed by atoms with E-state index >= 15 is 0 Å². The molecule has 0 aliphatic carbocycles. The Kier molecular flexibility index (Phi) is 7.43. The third-order valence-electron chi connectivity index (χ3n) is 12.5. The van der Waals surface area contributed by atoms with Crippen LogP contribution in [-0.2, 0) is 5.41 Å². The summed E-state index contributed by atoms with van der Waals surface area (Å²) < 4.78 is 13.7. The maximum atomic E-state index is 6.90. The van der Waals surface area contributed by atoms with Crippen LogP contribution in [0.5, 0.6) is 0 Å². The molecule has 0 radical (unpaired) electrons. The van der Waals surface area contributed by atoms with Gasteiger partial charge in [0.15, 0.2) is 0 Å². The third-order valence-corrected chi connectivity index (χ3v) is 12.5. The van der Waals surface area contributed by atoms with Crippen molar-refractivity contribution < 1.29 is 8.83 Å². The molecule has 0 atom stereocenters. The molecule has 7 aromatic rings. The van der Waals surface area contributed by atoms with Gasteiger partial charge >= 0.3 is 0 Å². The Morgan fingerprint density at radius 3 is 1.54 bits per heavy atom. The molecule has 0 amide bonds. The Labute approximate surface area is 296 Å². The molecule has 0 spiro atoms. The summed E-state index contributed by atoms with van der Waals surface area (Å²) in [7, 11) is 0. The number of hydrogen-bond acceptors (Lipinski definition) is 4. The van der Waals surface area contributed by atoms with E-state index in [0.717, 1.165) is 83.0 Å². The van der Waals surface area contributed by atoms with Crippen LogP contribution < -0.4 is 9.80 Å². The first-order valence-electron chi connectivity index (χ1n) is 19.3. The molecule has 0 N–H and O–H groups in total. The van der Waals surface area contributed by atoms with Crippen LogP contribution in [0, 0.1) is 23.7 Å². The zero-order valence-electron chi connectivity index (χ0n) is 31.0. The first kappa shape index (κ1) is 31.8. The number of furan rings is 2. The van der Waals surface area contributed by atoms with Gasteiger partial charge in [0.1, 0.15) is 22.3 Å². The van der Waals surface area contributed by atoms with Crippen LogP contribution in [0.1, 0.15) is 79.7 Å². The fourth-order valence-electron chi connectivity index (χ4n) is 9.38. The first-order chi connectivity index (χ1) is 24.0. The lowest BCUT2D eigenvalue weighted by molar-refractivity contribution is 0.311. The predicted octanol–water partition coefficient (Wildman–Crippen LogP) is 12.8. The molecule has 4 nitrogen and oxygen atoms in total. The highest BCUT2D eigenvalue weighted by Gasteiger charge is 2.29. The van der Waals surface area contributed by atoms with Gasteiger partial charge in [-0.15, -0.1) is 0 Å². The van der Waals surface area contributed by atoms with Gasteiger partial charge in [0.2, 0.25) is 0 Å². The molecule has 2 aliphatic heterocycles. The fraction of sp³-hybridized carbons (Fsp3) is 0.435. The average Bonchev–Trinajstić information content (AvgIpc) is 3.63. The standard InChI is InChI=1S/C46H52N2O2/c1-27(2)29-12-16-47(17-13-29)35-10-8-31-22-37-38-26-42-43(44(46(5,6)7)45(38)50-40(37)24-33(31)20-35)39-23-32-9-11-36(21-34(32)25-41(39)49-42)48-18-14-30(15-19-48)28(3)4/h8-11,20-30H,12-19H2,1-7H3. The topological polar surface area (TPSA) is 32.8 Å². The van der Waals surface area contributed by atoms with E-state index < -0.39 is 0 Å². The maximum absolute atomic E-state index is 6.90. The first-order valence-corrected chi connectivity index (χ1v) is 19.3. The fourth-order valence-corrected chi connectivity index (χ4v) is 9.38. The summed E-state index contributed by atoms with van der Waals surface area (Å²) in [5.41, 5.74) is 7.52. The molecule has 0 saturated carbocycles. The summed E-state index contributed by atoms with van der Waals surface area (Å²) in [4.78, 5) is 5.14. The number of hydrogen-bond donors (Lipinski definition) is 0. The van der Waals surface area contributed by atoms with Crippen molar-refractivity contribution >= 4 is 76.8 Å². The van der Waals surface area contributed by atoms with Gasteiger partial charge in [-0.25, -0.2) is 0 Å². The van der Waals surface area contributed by atoms with Crippen LogP contribution in [0.3, 0.4) is 0 Å². The predicted molar refractivity (Wildman–Crippen MR) is 214 cm³/mol. The van der Waals surface area contributed by atoms with Gasteiger partial charge < -0.3 is 18.6 Å². The van der Waals surface area contributed by atoms with Crippen molar-refractivity contribution in [3.8, 4) is 0 Å². The molecule has 2 saturated heterocycles. The summed E-state index contributed by atoms with van der Waals surface area (Å²) >= 11 is 0.